The van der Waals surface area contributed by atoms with Gasteiger partial charge >= 0.3 is 5.63 Å². The van der Waals surface area contributed by atoms with Crippen molar-refractivity contribution in [2.75, 3.05) is 0 Å². The molecule has 3 rings (SSSR count). The van der Waals surface area contributed by atoms with Gasteiger partial charge in [-0.2, -0.15) is 0 Å². The molecule has 0 amide bonds. The Morgan fingerprint density at radius 1 is 1.13 bits per heavy atom. The monoisotopic (exact) mass is 310 g/mol. The molecule has 0 unspecified atom stereocenters. The molecule has 1 aromatic heterocycles. The minimum atomic E-state index is -0.648. The zero-order valence-corrected chi connectivity index (χ0v) is 11.7. The Hall–Kier alpha value is -3.48. The van der Waals surface area contributed by atoms with E-state index >= 15 is 0 Å². The second-order valence-corrected chi connectivity index (χ2v) is 4.69. The van der Waals surface area contributed by atoms with Crippen molar-refractivity contribution in [3.05, 3.63) is 74.6 Å². The number of hydrogen-bond donors (Lipinski definition) is 1. The third-order valence-electron chi connectivity index (χ3n) is 3.24. The predicted octanol–water partition coefficient (Wildman–Crippen LogP) is 3.16. The molecule has 0 radical (unpaired) electrons. The molecule has 0 aliphatic rings. The van der Waals surface area contributed by atoms with Crippen LogP contribution in [-0.2, 0) is 0 Å². The minimum Gasteiger partial charge on any atom is -0.480 e. The zero-order valence-electron chi connectivity index (χ0n) is 11.7. The number of hydrogen-bond acceptors (Lipinski definition) is 6. The fourth-order valence-electron chi connectivity index (χ4n) is 2.16. The Morgan fingerprint density at radius 2 is 1.87 bits per heavy atom. The highest BCUT2D eigenvalue weighted by atomic mass is 16.6. The highest BCUT2D eigenvalue weighted by Crippen LogP contribution is 2.24. The van der Waals surface area contributed by atoms with E-state index in [2.05, 4.69) is 4.99 Å². The lowest BCUT2D eigenvalue weighted by Gasteiger charge is -2.02. The summed E-state index contributed by atoms with van der Waals surface area (Å²) in [7, 11) is 0. The van der Waals surface area contributed by atoms with Gasteiger partial charge in [0.1, 0.15) is 0 Å². The summed E-state index contributed by atoms with van der Waals surface area (Å²) in [6, 6.07) is 12.4. The summed E-state index contributed by atoms with van der Waals surface area (Å²) in [6.07, 6.45) is 1.31. The zero-order chi connectivity index (χ0) is 16.4. The molecule has 7 heteroatoms. The van der Waals surface area contributed by atoms with Crippen molar-refractivity contribution in [2.45, 2.75) is 0 Å². The molecule has 0 atom stereocenters. The summed E-state index contributed by atoms with van der Waals surface area (Å²) in [6.45, 7) is 0. The predicted molar refractivity (Wildman–Crippen MR) is 84.5 cm³/mol. The smallest absolute Gasteiger partial charge is 0.346 e. The van der Waals surface area contributed by atoms with Gasteiger partial charge in [0.05, 0.1) is 21.6 Å². The van der Waals surface area contributed by atoms with Crippen LogP contribution < -0.4 is 5.63 Å². The summed E-state index contributed by atoms with van der Waals surface area (Å²) < 4.78 is 4.77. The van der Waals surface area contributed by atoms with Crippen LogP contribution in [0.3, 0.4) is 0 Å². The summed E-state index contributed by atoms with van der Waals surface area (Å²) in [5, 5.41) is 21.4. The Balaban J connectivity index is 2.10. The van der Waals surface area contributed by atoms with Crippen LogP contribution >= 0.6 is 0 Å². The van der Waals surface area contributed by atoms with Gasteiger partial charge in [-0.3, -0.25) is 15.1 Å². The quantitative estimate of drug-likeness (QED) is 0.454. The van der Waals surface area contributed by atoms with Gasteiger partial charge in [-0.25, -0.2) is 4.79 Å². The fourth-order valence-corrected chi connectivity index (χ4v) is 2.16. The standard InChI is InChI=1S/C16H10N2O5/c19-15-13-7-2-1-6-12(13)14(16(20)23-15)9-17-10-4-3-5-11(8-10)18(21)22/h1-9,20H. The normalized spacial score (nSPS) is 11.1. The first-order valence-electron chi connectivity index (χ1n) is 6.59. The summed E-state index contributed by atoms with van der Waals surface area (Å²) >= 11 is 0. The Bertz CT molecular complexity index is 991. The summed E-state index contributed by atoms with van der Waals surface area (Å²) in [5.74, 6) is -0.553. The average Bonchev–Trinajstić information content (AvgIpc) is 2.55. The van der Waals surface area contributed by atoms with Crippen molar-refractivity contribution < 1.29 is 14.4 Å². The summed E-state index contributed by atoms with van der Waals surface area (Å²) in [5.41, 5.74) is -0.167. The van der Waals surface area contributed by atoms with E-state index in [-0.39, 0.29) is 11.3 Å². The van der Waals surface area contributed by atoms with Crippen LogP contribution in [0.4, 0.5) is 11.4 Å². The van der Waals surface area contributed by atoms with Crippen LogP contribution in [0.5, 0.6) is 5.95 Å². The minimum absolute atomic E-state index is 0.0895. The van der Waals surface area contributed by atoms with Crippen LogP contribution in [0.2, 0.25) is 0 Å². The third-order valence-corrected chi connectivity index (χ3v) is 3.24. The van der Waals surface area contributed by atoms with E-state index in [9.17, 15) is 20.0 Å². The molecule has 7 nitrogen and oxygen atoms in total. The molecule has 3 aromatic rings. The number of rotatable bonds is 3. The number of aromatic hydroxyl groups is 1. The average molecular weight is 310 g/mol. The lowest BCUT2D eigenvalue weighted by molar-refractivity contribution is -0.384. The molecule has 0 fully saturated rings. The Labute approximate surface area is 129 Å². The molecule has 0 saturated heterocycles. The maximum absolute atomic E-state index is 11.7. The van der Waals surface area contributed by atoms with Crippen molar-refractivity contribution in [1.29, 1.82) is 0 Å². The molecule has 1 N–H and O–H groups in total. The van der Waals surface area contributed by atoms with E-state index < -0.39 is 16.5 Å². The first kappa shape index (κ1) is 14.5. The largest absolute Gasteiger partial charge is 0.480 e. The molecule has 2 aromatic carbocycles. The molecule has 114 valence electrons. The van der Waals surface area contributed by atoms with E-state index in [4.69, 9.17) is 4.42 Å². The second kappa shape index (κ2) is 5.72. The first-order chi connectivity index (χ1) is 11.1. The maximum atomic E-state index is 11.7. The van der Waals surface area contributed by atoms with Gasteiger partial charge in [-0.05, 0) is 12.1 Å². The fraction of sp³-hybridized carbons (Fsp3) is 0. The van der Waals surface area contributed by atoms with Gasteiger partial charge in [-0.1, -0.05) is 24.3 Å². The first-order valence-corrected chi connectivity index (χ1v) is 6.59. The molecule has 23 heavy (non-hydrogen) atoms. The van der Waals surface area contributed by atoms with Gasteiger partial charge in [0, 0.05) is 23.7 Å². The van der Waals surface area contributed by atoms with Crippen LogP contribution in [0.15, 0.2) is 62.7 Å². The van der Waals surface area contributed by atoms with Crippen LogP contribution in [-0.4, -0.2) is 16.2 Å². The molecular weight excluding hydrogens is 300 g/mol. The Morgan fingerprint density at radius 3 is 2.61 bits per heavy atom. The maximum Gasteiger partial charge on any atom is 0.346 e. The van der Waals surface area contributed by atoms with Crippen molar-refractivity contribution in [1.82, 2.24) is 0 Å². The molecule has 0 aliphatic heterocycles. The number of benzene rings is 2. The summed E-state index contributed by atoms with van der Waals surface area (Å²) in [4.78, 5) is 26.0. The van der Waals surface area contributed by atoms with Crippen molar-refractivity contribution in [3.63, 3.8) is 0 Å². The molecule has 1 heterocycles. The third kappa shape index (κ3) is 2.80. The highest BCUT2D eigenvalue weighted by molar-refractivity contribution is 6.01. The lowest BCUT2D eigenvalue weighted by atomic mass is 10.1. The number of nitrogens with zero attached hydrogens (tertiary/aromatic N) is 2. The van der Waals surface area contributed by atoms with Gasteiger partial charge in [-0.15, -0.1) is 0 Å². The topological polar surface area (TPSA) is 106 Å². The number of non-ortho nitro benzene ring substituents is 1. The molecule has 0 spiro atoms. The van der Waals surface area contributed by atoms with E-state index in [0.717, 1.165) is 0 Å². The van der Waals surface area contributed by atoms with Crippen LogP contribution in [0, 0.1) is 10.1 Å². The highest BCUT2D eigenvalue weighted by Gasteiger charge is 2.11. The number of nitro benzene ring substituents is 1. The molecular formula is C16H10N2O5. The van der Waals surface area contributed by atoms with E-state index in [1.54, 1.807) is 30.3 Å². The molecule has 0 bridgehead atoms. The van der Waals surface area contributed by atoms with Crippen molar-refractivity contribution in [3.8, 4) is 5.95 Å². The number of aliphatic imine (C=N–C) groups is 1. The van der Waals surface area contributed by atoms with Crippen LogP contribution in [0.1, 0.15) is 5.56 Å². The number of fused-ring (bicyclic) bond motifs is 1. The van der Waals surface area contributed by atoms with Crippen LogP contribution in [0.25, 0.3) is 10.8 Å². The van der Waals surface area contributed by atoms with Gasteiger partial charge < -0.3 is 9.52 Å². The lowest BCUT2D eigenvalue weighted by Crippen LogP contribution is -2.01. The Kier molecular flexibility index (Phi) is 3.60. The number of nitro groups is 1. The van der Waals surface area contributed by atoms with E-state index in [1.165, 1.54) is 24.4 Å². The molecule has 0 saturated carbocycles. The van der Waals surface area contributed by atoms with Gasteiger partial charge in [0.25, 0.3) is 11.6 Å². The van der Waals surface area contributed by atoms with E-state index in [1.807, 2.05) is 0 Å². The van der Waals surface area contributed by atoms with Crippen molar-refractivity contribution in [2.24, 2.45) is 4.99 Å². The van der Waals surface area contributed by atoms with Gasteiger partial charge in [0.15, 0.2) is 0 Å². The van der Waals surface area contributed by atoms with Crippen molar-refractivity contribution >= 4 is 28.4 Å². The SMILES string of the molecule is O=c1oc(O)c(C=Nc2cccc([N+](=O)[O-])c2)c2ccccc12. The second-order valence-electron chi connectivity index (χ2n) is 4.69. The van der Waals surface area contributed by atoms with Gasteiger partial charge in [0.2, 0.25) is 0 Å². The van der Waals surface area contributed by atoms with E-state index in [0.29, 0.717) is 16.5 Å². The molecule has 0 aliphatic carbocycles.